The van der Waals surface area contributed by atoms with E-state index in [0.717, 1.165) is 9.80 Å². The third-order valence-electron chi connectivity index (χ3n) is 3.71. The zero-order valence-electron chi connectivity index (χ0n) is 12.7. The molecular formula is C13H21N3O5. The summed E-state index contributed by atoms with van der Waals surface area (Å²) in [5, 5.41) is 11.7. The van der Waals surface area contributed by atoms with Crippen molar-refractivity contribution in [2.75, 3.05) is 13.6 Å². The largest absolute Gasteiger partial charge is 0.480 e. The highest BCUT2D eigenvalue weighted by Crippen LogP contribution is 2.17. The Bertz CT molecular complexity index is 474. The van der Waals surface area contributed by atoms with E-state index in [1.54, 1.807) is 6.92 Å². The van der Waals surface area contributed by atoms with Gasteiger partial charge in [-0.25, -0.2) is 9.59 Å². The molecule has 1 atom stereocenters. The average Bonchev–Trinajstić information content (AvgIpc) is 2.40. The fourth-order valence-corrected chi connectivity index (χ4v) is 2.18. The standard InChI is InChI=1S/C13H21N3O5/c1-5-16(13(2,3)11(19)20)12(21)14-8-6-7-9(17)15(4)10(8)18/h8H,5-7H2,1-4H3,(H,14,21)(H,19,20). The predicted octanol–water partition coefficient (Wildman–Crippen LogP) is 0.0285. The lowest BCUT2D eigenvalue weighted by atomic mass is 10.0. The third kappa shape index (κ3) is 3.32. The van der Waals surface area contributed by atoms with E-state index in [4.69, 9.17) is 0 Å². The zero-order valence-corrected chi connectivity index (χ0v) is 12.7. The maximum absolute atomic E-state index is 12.2. The van der Waals surface area contributed by atoms with Crippen LogP contribution in [0.25, 0.3) is 0 Å². The van der Waals surface area contributed by atoms with Gasteiger partial charge in [0.15, 0.2) is 0 Å². The van der Waals surface area contributed by atoms with Crippen LogP contribution in [-0.2, 0) is 14.4 Å². The Kier molecular flexibility index (Phi) is 4.93. The molecule has 0 saturated carbocycles. The number of carboxylic acid groups (broad SMARTS) is 1. The van der Waals surface area contributed by atoms with Gasteiger partial charge in [-0.05, 0) is 27.2 Å². The van der Waals surface area contributed by atoms with E-state index in [1.165, 1.54) is 20.9 Å². The molecule has 0 aliphatic carbocycles. The smallest absolute Gasteiger partial charge is 0.329 e. The zero-order chi connectivity index (χ0) is 16.4. The van der Waals surface area contributed by atoms with E-state index in [0.29, 0.717) is 0 Å². The second kappa shape index (κ2) is 6.11. The Hall–Kier alpha value is -2.12. The molecule has 0 bridgehead atoms. The molecule has 0 aromatic heterocycles. The molecule has 0 aromatic rings. The van der Waals surface area contributed by atoms with Gasteiger partial charge in [-0.2, -0.15) is 0 Å². The minimum atomic E-state index is -1.39. The molecule has 8 heteroatoms. The molecule has 1 unspecified atom stereocenters. The van der Waals surface area contributed by atoms with Crippen LogP contribution in [0.1, 0.15) is 33.6 Å². The maximum atomic E-state index is 12.2. The molecule has 2 N–H and O–H groups in total. The van der Waals surface area contributed by atoms with E-state index in [9.17, 15) is 24.3 Å². The summed E-state index contributed by atoms with van der Waals surface area (Å²) in [5.41, 5.74) is -1.39. The second-order valence-corrected chi connectivity index (χ2v) is 5.44. The number of carbonyl (C=O) groups is 4. The minimum Gasteiger partial charge on any atom is -0.480 e. The number of carboxylic acids is 1. The molecule has 1 aliphatic heterocycles. The SMILES string of the molecule is CCN(C(=O)NC1CCC(=O)N(C)C1=O)C(C)(C)C(=O)O. The number of hydrogen-bond donors (Lipinski definition) is 2. The van der Waals surface area contributed by atoms with Gasteiger partial charge in [0.25, 0.3) is 5.91 Å². The first-order valence-corrected chi connectivity index (χ1v) is 6.74. The second-order valence-electron chi connectivity index (χ2n) is 5.44. The Labute approximate surface area is 123 Å². The molecular weight excluding hydrogens is 278 g/mol. The number of hydrogen-bond acceptors (Lipinski definition) is 4. The lowest BCUT2D eigenvalue weighted by Crippen LogP contribution is -2.60. The van der Waals surface area contributed by atoms with Crippen LogP contribution in [0.15, 0.2) is 0 Å². The van der Waals surface area contributed by atoms with Crippen LogP contribution in [0, 0.1) is 0 Å². The fraction of sp³-hybridized carbons (Fsp3) is 0.692. The first kappa shape index (κ1) is 16.9. The summed E-state index contributed by atoms with van der Waals surface area (Å²) in [6.45, 7) is 4.66. The molecule has 4 amide bonds. The van der Waals surface area contributed by atoms with E-state index in [1.807, 2.05) is 0 Å². The number of aliphatic carboxylic acids is 1. The topological polar surface area (TPSA) is 107 Å². The van der Waals surface area contributed by atoms with Gasteiger partial charge >= 0.3 is 12.0 Å². The molecule has 21 heavy (non-hydrogen) atoms. The summed E-state index contributed by atoms with van der Waals surface area (Å²) in [5.74, 6) is -1.91. The highest BCUT2D eigenvalue weighted by Gasteiger charge is 2.39. The third-order valence-corrected chi connectivity index (χ3v) is 3.71. The normalized spacial score (nSPS) is 19.4. The molecule has 0 aromatic carbocycles. The Morgan fingerprint density at radius 1 is 1.43 bits per heavy atom. The van der Waals surface area contributed by atoms with Gasteiger partial charge in [0.2, 0.25) is 5.91 Å². The van der Waals surface area contributed by atoms with Crippen molar-refractivity contribution < 1.29 is 24.3 Å². The monoisotopic (exact) mass is 299 g/mol. The van der Waals surface area contributed by atoms with E-state index in [2.05, 4.69) is 5.32 Å². The number of urea groups is 1. The molecule has 0 spiro atoms. The number of likely N-dealkylation sites (N-methyl/N-ethyl adjacent to an activating group) is 2. The van der Waals surface area contributed by atoms with Crippen LogP contribution < -0.4 is 5.32 Å². The first-order chi connectivity index (χ1) is 9.62. The predicted molar refractivity (Wildman–Crippen MR) is 73.4 cm³/mol. The number of carbonyl (C=O) groups excluding carboxylic acids is 3. The van der Waals surface area contributed by atoms with E-state index in [-0.39, 0.29) is 25.3 Å². The van der Waals surface area contributed by atoms with Crippen LogP contribution in [0.2, 0.25) is 0 Å². The number of rotatable bonds is 4. The Balaban J connectivity index is 2.82. The summed E-state index contributed by atoms with van der Waals surface area (Å²) in [4.78, 5) is 48.9. The molecule has 1 fully saturated rings. The van der Waals surface area contributed by atoms with Crippen molar-refractivity contribution in [3.63, 3.8) is 0 Å². The number of nitrogens with one attached hydrogen (secondary N) is 1. The molecule has 8 nitrogen and oxygen atoms in total. The average molecular weight is 299 g/mol. The molecule has 118 valence electrons. The number of nitrogens with zero attached hydrogens (tertiary/aromatic N) is 2. The highest BCUT2D eigenvalue weighted by molar-refractivity contribution is 6.01. The number of amides is 4. The van der Waals surface area contributed by atoms with Crippen molar-refractivity contribution in [2.24, 2.45) is 0 Å². The minimum absolute atomic E-state index is 0.168. The van der Waals surface area contributed by atoms with Gasteiger partial charge in [0.1, 0.15) is 11.6 Å². The number of likely N-dealkylation sites (tertiary alicyclic amines) is 1. The molecule has 1 aliphatic rings. The van der Waals surface area contributed by atoms with Crippen molar-refractivity contribution in [1.29, 1.82) is 0 Å². The Morgan fingerprint density at radius 3 is 2.48 bits per heavy atom. The molecule has 1 heterocycles. The highest BCUT2D eigenvalue weighted by atomic mass is 16.4. The van der Waals surface area contributed by atoms with Gasteiger partial charge in [0.05, 0.1) is 0 Å². The number of imide groups is 1. The van der Waals surface area contributed by atoms with Gasteiger partial charge in [-0.1, -0.05) is 0 Å². The lowest BCUT2D eigenvalue weighted by Gasteiger charge is -2.36. The Morgan fingerprint density at radius 2 is 2.00 bits per heavy atom. The molecule has 0 radical (unpaired) electrons. The quantitative estimate of drug-likeness (QED) is 0.712. The van der Waals surface area contributed by atoms with E-state index >= 15 is 0 Å². The lowest BCUT2D eigenvalue weighted by molar-refractivity contribution is -0.147. The van der Waals surface area contributed by atoms with Crippen molar-refractivity contribution in [2.45, 2.75) is 45.2 Å². The van der Waals surface area contributed by atoms with Crippen molar-refractivity contribution in [3.8, 4) is 0 Å². The van der Waals surface area contributed by atoms with Crippen molar-refractivity contribution in [3.05, 3.63) is 0 Å². The summed E-state index contributed by atoms with van der Waals surface area (Å²) in [7, 11) is 1.36. The van der Waals surface area contributed by atoms with Crippen LogP contribution in [-0.4, -0.2) is 63.9 Å². The van der Waals surface area contributed by atoms with Gasteiger partial charge < -0.3 is 15.3 Å². The van der Waals surface area contributed by atoms with Crippen molar-refractivity contribution >= 4 is 23.8 Å². The molecule has 1 saturated heterocycles. The number of piperidine rings is 1. The van der Waals surface area contributed by atoms with Crippen LogP contribution in [0.4, 0.5) is 4.79 Å². The summed E-state index contributed by atoms with van der Waals surface area (Å²) < 4.78 is 0. The fourth-order valence-electron chi connectivity index (χ4n) is 2.18. The van der Waals surface area contributed by atoms with Crippen LogP contribution in [0.3, 0.4) is 0 Å². The van der Waals surface area contributed by atoms with Gasteiger partial charge in [-0.15, -0.1) is 0 Å². The van der Waals surface area contributed by atoms with Crippen LogP contribution >= 0.6 is 0 Å². The van der Waals surface area contributed by atoms with Crippen molar-refractivity contribution in [1.82, 2.24) is 15.1 Å². The summed E-state index contributed by atoms with van der Waals surface area (Å²) >= 11 is 0. The first-order valence-electron chi connectivity index (χ1n) is 6.74. The van der Waals surface area contributed by atoms with Crippen LogP contribution in [0.5, 0.6) is 0 Å². The summed E-state index contributed by atoms with van der Waals surface area (Å²) in [6.07, 6.45) is 0.389. The van der Waals surface area contributed by atoms with Gasteiger partial charge in [-0.3, -0.25) is 14.5 Å². The molecule has 1 rings (SSSR count). The van der Waals surface area contributed by atoms with Gasteiger partial charge in [0, 0.05) is 20.0 Å². The van der Waals surface area contributed by atoms with E-state index < -0.39 is 29.5 Å². The maximum Gasteiger partial charge on any atom is 0.329 e. The summed E-state index contributed by atoms with van der Waals surface area (Å²) in [6, 6.07) is -1.44.